The van der Waals surface area contributed by atoms with E-state index in [0.29, 0.717) is 18.3 Å². The molecule has 0 aromatic rings. The van der Waals surface area contributed by atoms with Crippen LogP contribution in [0, 0.1) is 50.7 Å². The van der Waals surface area contributed by atoms with Crippen LogP contribution >= 0.6 is 0 Å². The van der Waals surface area contributed by atoms with Gasteiger partial charge in [-0.15, -0.1) is 0 Å². The molecule has 45 heavy (non-hydrogen) atoms. The van der Waals surface area contributed by atoms with Crippen LogP contribution in [0.3, 0.4) is 0 Å². The van der Waals surface area contributed by atoms with Crippen molar-refractivity contribution < 1.29 is 34.0 Å². The van der Waals surface area contributed by atoms with Crippen LogP contribution in [-0.4, -0.2) is 77.5 Å². The van der Waals surface area contributed by atoms with Gasteiger partial charge in [-0.3, -0.25) is 4.79 Å². The van der Waals surface area contributed by atoms with Gasteiger partial charge in [0, 0.05) is 30.8 Å². The summed E-state index contributed by atoms with van der Waals surface area (Å²) in [6.45, 7) is 18.1. The number of hydrogen-bond acceptors (Lipinski definition) is 8. The Kier molecular flexibility index (Phi) is 7.18. The van der Waals surface area contributed by atoms with E-state index in [1.807, 2.05) is 0 Å². The van der Waals surface area contributed by atoms with Gasteiger partial charge in [0.15, 0.2) is 6.10 Å². The SMILES string of the molecule is CC(=O)O[C@@H](C1C[C@@H](C)[C@H]2C(O1)[C@H](O)[C@@]1(C)C3CC[C@H]4C(C)(C)C(OC(=O)NC5CNC5)CC[C@@]45C[C@@]35CC[C@]21C)C(C)(C)O. The summed E-state index contributed by atoms with van der Waals surface area (Å²) in [4.78, 5) is 24.8. The van der Waals surface area contributed by atoms with Gasteiger partial charge < -0.3 is 35.1 Å². The highest BCUT2D eigenvalue weighted by Gasteiger charge is 2.84. The van der Waals surface area contributed by atoms with Crippen LogP contribution < -0.4 is 10.6 Å². The number of carbonyl (C=O) groups is 2. The second-order valence-electron chi connectivity index (χ2n) is 18.1. The third-order valence-electron chi connectivity index (χ3n) is 15.4. The number of hydrogen-bond donors (Lipinski definition) is 4. The summed E-state index contributed by atoms with van der Waals surface area (Å²) >= 11 is 0. The molecule has 2 saturated heterocycles. The fraction of sp³-hybridized carbons (Fsp3) is 0.944. The molecular formula is C36H58N2O7. The van der Waals surface area contributed by atoms with Crippen LogP contribution in [-0.2, 0) is 19.0 Å². The van der Waals surface area contributed by atoms with Gasteiger partial charge in [0.1, 0.15) is 6.10 Å². The van der Waals surface area contributed by atoms with Crippen molar-refractivity contribution in [2.24, 2.45) is 50.7 Å². The zero-order valence-electron chi connectivity index (χ0n) is 28.8. The van der Waals surface area contributed by atoms with Gasteiger partial charge in [-0.05, 0) is 105 Å². The molecule has 4 N–H and O–H groups in total. The summed E-state index contributed by atoms with van der Waals surface area (Å²) in [5.41, 5.74) is -1.32. The van der Waals surface area contributed by atoms with Crippen molar-refractivity contribution in [1.29, 1.82) is 0 Å². The first-order valence-corrected chi connectivity index (χ1v) is 17.8. The molecule has 9 nitrogen and oxygen atoms in total. The number of carbonyl (C=O) groups excluding carboxylic acids is 2. The average molecular weight is 631 g/mol. The van der Waals surface area contributed by atoms with Crippen molar-refractivity contribution in [1.82, 2.24) is 10.6 Å². The Morgan fingerprint density at radius 1 is 1.02 bits per heavy atom. The van der Waals surface area contributed by atoms with E-state index in [0.717, 1.165) is 45.2 Å². The summed E-state index contributed by atoms with van der Waals surface area (Å²) in [5.74, 6) is 0.904. The normalized spacial score (nSPS) is 50.4. The van der Waals surface area contributed by atoms with E-state index in [4.69, 9.17) is 14.2 Å². The van der Waals surface area contributed by atoms with Crippen LogP contribution in [0.5, 0.6) is 0 Å². The van der Waals surface area contributed by atoms with E-state index >= 15 is 0 Å². The molecule has 0 radical (unpaired) electrons. The van der Waals surface area contributed by atoms with Crippen molar-refractivity contribution >= 4 is 12.1 Å². The maximum Gasteiger partial charge on any atom is 0.407 e. The zero-order valence-corrected chi connectivity index (χ0v) is 28.8. The highest BCUT2D eigenvalue weighted by molar-refractivity contribution is 5.68. The maximum atomic E-state index is 12.8. The van der Waals surface area contributed by atoms with Gasteiger partial charge in [-0.2, -0.15) is 0 Å². The Morgan fingerprint density at radius 3 is 2.31 bits per heavy atom. The van der Waals surface area contributed by atoms with Gasteiger partial charge in [0.2, 0.25) is 0 Å². The summed E-state index contributed by atoms with van der Waals surface area (Å²) in [6, 6.07) is 0.168. The Morgan fingerprint density at radius 2 is 1.69 bits per heavy atom. The second kappa shape index (κ2) is 10.1. The first kappa shape index (κ1) is 32.1. The second-order valence-corrected chi connectivity index (χ2v) is 18.1. The van der Waals surface area contributed by atoms with Gasteiger partial charge in [0.25, 0.3) is 0 Å². The van der Waals surface area contributed by atoms with E-state index in [2.05, 4.69) is 45.3 Å². The number of ether oxygens (including phenoxy) is 3. The molecule has 5 saturated carbocycles. The number of aliphatic hydroxyl groups is 2. The van der Waals surface area contributed by atoms with E-state index in [1.54, 1.807) is 13.8 Å². The summed E-state index contributed by atoms with van der Waals surface area (Å²) in [5, 5.41) is 29.7. The number of amides is 1. The van der Waals surface area contributed by atoms with Crippen LogP contribution in [0.1, 0.15) is 107 Å². The molecule has 4 unspecified atom stereocenters. The minimum atomic E-state index is -1.26. The molecule has 2 heterocycles. The highest BCUT2D eigenvalue weighted by atomic mass is 16.6. The lowest BCUT2D eigenvalue weighted by Crippen LogP contribution is -2.60. The minimum Gasteiger partial charge on any atom is -0.457 e. The number of alkyl carbamates (subject to hydrolysis) is 1. The van der Waals surface area contributed by atoms with Crippen molar-refractivity contribution in [3.8, 4) is 0 Å². The van der Waals surface area contributed by atoms with Gasteiger partial charge in [-0.1, -0.05) is 34.6 Å². The van der Waals surface area contributed by atoms with Gasteiger partial charge >= 0.3 is 12.1 Å². The van der Waals surface area contributed by atoms with Crippen LogP contribution in [0.25, 0.3) is 0 Å². The number of esters is 1. The Labute approximate surface area is 269 Å². The summed E-state index contributed by atoms with van der Waals surface area (Å²) in [7, 11) is 0. The zero-order chi connectivity index (χ0) is 32.5. The third kappa shape index (κ3) is 4.24. The lowest BCUT2D eigenvalue weighted by molar-refractivity contribution is -0.216. The van der Waals surface area contributed by atoms with E-state index in [-0.39, 0.29) is 63.3 Å². The van der Waals surface area contributed by atoms with Crippen LogP contribution in [0.15, 0.2) is 0 Å². The maximum absolute atomic E-state index is 12.8. The Balaban J connectivity index is 1.14. The Bertz CT molecular complexity index is 1230. The molecule has 0 bridgehead atoms. The molecule has 13 atom stereocenters. The highest BCUT2D eigenvalue weighted by Crippen LogP contribution is 2.89. The number of aliphatic hydroxyl groups excluding tert-OH is 1. The molecule has 254 valence electrons. The number of rotatable bonds is 5. The van der Waals surface area contributed by atoms with Crippen LogP contribution in [0.4, 0.5) is 4.79 Å². The number of nitrogens with one attached hydrogen (secondary N) is 2. The van der Waals surface area contributed by atoms with Gasteiger partial charge in [-0.25, -0.2) is 4.79 Å². The molecule has 9 heteroatoms. The summed E-state index contributed by atoms with van der Waals surface area (Å²) < 4.78 is 18.6. The fourth-order valence-corrected chi connectivity index (χ4v) is 13.3. The molecule has 2 aliphatic heterocycles. The molecule has 2 spiro atoms. The average Bonchev–Trinajstić information content (AvgIpc) is 3.55. The van der Waals surface area contributed by atoms with Crippen LogP contribution in [0.2, 0.25) is 0 Å². The number of fused-ring (bicyclic) bond motifs is 4. The molecule has 0 aromatic heterocycles. The van der Waals surface area contributed by atoms with Crippen molar-refractivity contribution in [3.05, 3.63) is 0 Å². The molecule has 7 fully saturated rings. The van der Waals surface area contributed by atoms with E-state index in [1.165, 1.54) is 19.8 Å². The monoisotopic (exact) mass is 630 g/mol. The largest absolute Gasteiger partial charge is 0.457 e. The molecule has 1 amide bonds. The lowest BCUT2D eigenvalue weighted by Gasteiger charge is -2.63. The van der Waals surface area contributed by atoms with Gasteiger partial charge in [0.05, 0.1) is 30.0 Å². The predicted octanol–water partition coefficient (Wildman–Crippen LogP) is 4.57. The standard InChI is InChI=1S/C36H58N2O7/c1-19-15-22(29(32(5,6)42)43-20(2)39)44-27-26(19)33(7)13-14-36-18-35(36)12-11-25(45-30(41)38-21-16-37-17-21)31(3,4)23(35)9-10-24(36)34(33,8)28(27)40/h19,21-29,37,40,42H,9-18H2,1-8H3,(H,38,41)/t19-,22?,23+,24?,25?,26+,27?,28+,29+,33-,34-,35-,36+/m1/s1. The third-order valence-corrected chi connectivity index (χ3v) is 15.4. The van der Waals surface area contributed by atoms with Crippen molar-refractivity contribution in [2.45, 2.75) is 149 Å². The minimum absolute atomic E-state index is 0.0794. The quantitative estimate of drug-likeness (QED) is 0.326. The smallest absolute Gasteiger partial charge is 0.407 e. The molecule has 0 aromatic carbocycles. The molecule has 5 aliphatic carbocycles. The Hall–Kier alpha value is -1.42. The predicted molar refractivity (Wildman–Crippen MR) is 168 cm³/mol. The first-order chi connectivity index (χ1) is 20.9. The lowest BCUT2D eigenvalue weighted by atomic mass is 9.41. The van der Waals surface area contributed by atoms with E-state index < -0.39 is 29.9 Å². The molecular weight excluding hydrogens is 572 g/mol. The van der Waals surface area contributed by atoms with E-state index in [9.17, 15) is 19.8 Å². The van der Waals surface area contributed by atoms with Crippen molar-refractivity contribution in [3.63, 3.8) is 0 Å². The molecule has 7 rings (SSSR count). The topological polar surface area (TPSA) is 126 Å². The van der Waals surface area contributed by atoms with Crippen molar-refractivity contribution in [2.75, 3.05) is 13.1 Å². The first-order valence-electron chi connectivity index (χ1n) is 17.8. The summed E-state index contributed by atoms with van der Waals surface area (Å²) in [6.07, 6.45) is 5.66. The fourth-order valence-electron chi connectivity index (χ4n) is 13.3. The molecule has 7 aliphatic rings.